The van der Waals surface area contributed by atoms with Crippen LogP contribution < -0.4 is 11.5 Å². The standard InChI is InChI=1S/C14H20N4O3/c1-2-21-14(20)18-5-3-17(4-6-18)13(19)10-7-11(15)9-12(16)8-10/h7-9H,2-6,15-16H2,1H3. The lowest BCUT2D eigenvalue weighted by Crippen LogP contribution is -2.50. The zero-order valence-electron chi connectivity index (χ0n) is 12.0. The number of carbonyl (C=O) groups excluding carboxylic acids is 2. The highest BCUT2D eigenvalue weighted by atomic mass is 16.6. The van der Waals surface area contributed by atoms with Crippen LogP contribution in [0.1, 0.15) is 17.3 Å². The van der Waals surface area contributed by atoms with E-state index in [0.29, 0.717) is 49.7 Å². The molecule has 1 heterocycles. The number of rotatable bonds is 2. The van der Waals surface area contributed by atoms with Gasteiger partial charge >= 0.3 is 6.09 Å². The summed E-state index contributed by atoms with van der Waals surface area (Å²) in [6.07, 6.45) is -0.335. The Bertz CT molecular complexity index is 519. The zero-order chi connectivity index (χ0) is 15.4. The maximum atomic E-state index is 12.4. The van der Waals surface area contributed by atoms with Gasteiger partial charge in [-0.25, -0.2) is 4.79 Å². The first-order valence-corrected chi connectivity index (χ1v) is 6.88. The van der Waals surface area contributed by atoms with Crippen molar-refractivity contribution >= 4 is 23.4 Å². The van der Waals surface area contributed by atoms with Crippen LogP contribution in [-0.4, -0.2) is 54.6 Å². The van der Waals surface area contributed by atoms with E-state index in [2.05, 4.69) is 0 Å². The highest BCUT2D eigenvalue weighted by Gasteiger charge is 2.25. The topological polar surface area (TPSA) is 102 Å². The van der Waals surface area contributed by atoms with Crippen LogP contribution in [0.3, 0.4) is 0 Å². The van der Waals surface area contributed by atoms with Crippen molar-refractivity contribution in [1.29, 1.82) is 0 Å². The van der Waals surface area contributed by atoms with E-state index >= 15 is 0 Å². The van der Waals surface area contributed by atoms with E-state index in [-0.39, 0.29) is 12.0 Å². The molecule has 0 saturated carbocycles. The summed E-state index contributed by atoms with van der Waals surface area (Å²) in [5, 5.41) is 0. The Labute approximate surface area is 123 Å². The van der Waals surface area contributed by atoms with E-state index in [1.165, 1.54) is 0 Å². The molecule has 1 aromatic carbocycles. The van der Waals surface area contributed by atoms with Gasteiger partial charge in [0.05, 0.1) is 6.61 Å². The van der Waals surface area contributed by atoms with E-state index in [4.69, 9.17) is 16.2 Å². The Hall–Kier alpha value is -2.44. The minimum absolute atomic E-state index is 0.127. The van der Waals surface area contributed by atoms with Crippen molar-refractivity contribution in [3.05, 3.63) is 23.8 Å². The monoisotopic (exact) mass is 292 g/mol. The molecule has 4 N–H and O–H groups in total. The predicted molar refractivity (Wildman–Crippen MR) is 79.8 cm³/mol. The second-order valence-corrected chi connectivity index (χ2v) is 4.87. The Morgan fingerprint density at radius 3 is 2.10 bits per heavy atom. The van der Waals surface area contributed by atoms with Gasteiger partial charge in [0, 0.05) is 43.1 Å². The highest BCUT2D eigenvalue weighted by Crippen LogP contribution is 2.16. The number of ether oxygens (including phenoxy) is 1. The van der Waals surface area contributed by atoms with Crippen molar-refractivity contribution in [1.82, 2.24) is 9.80 Å². The molecule has 0 unspecified atom stereocenters. The van der Waals surface area contributed by atoms with Gasteiger partial charge in [-0.2, -0.15) is 0 Å². The van der Waals surface area contributed by atoms with Crippen LogP contribution >= 0.6 is 0 Å². The highest BCUT2D eigenvalue weighted by molar-refractivity contribution is 5.96. The molecule has 1 aromatic rings. The molecule has 0 spiro atoms. The molecule has 0 aromatic heterocycles. The molecule has 1 fully saturated rings. The number of carbonyl (C=O) groups is 2. The molecule has 7 nitrogen and oxygen atoms in total. The summed E-state index contributed by atoms with van der Waals surface area (Å²) in [6, 6.07) is 4.82. The quantitative estimate of drug-likeness (QED) is 0.784. The molecule has 0 bridgehead atoms. The second kappa shape index (κ2) is 6.34. The van der Waals surface area contributed by atoms with Gasteiger partial charge in [0.2, 0.25) is 0 Å². The van der Waals surface area contributed by atoms with Crippen LogP contribution in [0.2, 0.25) is 0 Å². The van der Waals surface area contributed by atoms with Crippen LogP contribution in [0.4, 0.5) is 16.2 Å². The molecule has 114 valence electrons. The molecule has 21 heavy (non-hydrogen) atoms. The summed E-state index contributed by atoms with van der Waals surface area (Å²) in [7, 11) is 0. The minimum Gasteiger partial charge on any atom is -0.450 e. The van der Waals surface area contributed by atoms with Crippen molar-refractivity contribution in [2.45, 2.75) is 6.92 Å². The SMILES string of the molecule is CCOC(=O)N1CCN(C(=O)c2cc(N)cc(N)c2)CC1. The molecular weight excluding hydrogens is 272 g/mol. The number of nitrogens with zero attached hydrogens (tertiary/aromatic N) is 2. The van der Waals surface area contributed by atoms with E-state index in [1.807, 2.05) is 0 Å². The lowest BCUT2D eigenvalue weighted by molar-refractivity contribution is 0.0570. The maximum Gasteiger partial charge on any atom is 0.409 e. The predicted octanol–water partition coefficient (Wildman–Crippen LogP) is 0.765. The normalized spacial score (nSPS) is 14.9. The van der Waals surface area contributed by atoms with E-state index in [9.17, 15) is 9.59 Å². The van der Waals surface area contributed by atoms with Gasteiger partial charge in [0.1, 0.15) is 0 Å². The lowest BCUT2D eigenvalue weighted by atomic mass is 10.1. The zero-order valence-corrected chi connectivity index (χ0v) is 12.0. The van der Waals surface area contributed by atoms with Gasteiger partial charge in [0.15, 0.2) is 0 Å². The summed E-state index contributed by atoms with van der Waals surface area (Å²) >= 11 is 0. The molecule has 0 atom stereocenters. The van der Waals surface area contributed by atoms with E-state index < -0.39 is 0 Å². The van der Waals surface area contributed by atoms with E-state index in [1.54, 1.807) is 34.9 Å². The molecule has 2 rings (SSSR count). The molecular formula is C14H20N4O3. The molecule has 1 aliphatic heterocycles. The third kappa shape index (κ3) is 3.56. The Morgan fingerprint density at radius 1 is 1.05 bits per heavy atom. The Morgan fingerprint density at radius 2 is 1.57 bits per heavy atom. The molecule has 1 aliphatic rings. The Kier molecular flexibility index (Phi) is 4.52. The number of anilines is 2. The first-order valence-electron chi connectivity index (χ1n) is 6.88. The van der Waals surface area contributed by atoms with E-state index in [0.717, 1.165) is 0 Å². The first kappa shape index (κ1) is 15.0. The number of benzene rings is 1. The van der Waals surface area contributed by atoms with Gasteiger partial charge in [-0.05, 0) is 25.1 Å². The lowest BCUT2D eigenvalue weighted by Gasteiger charge is -2.34. The number of piperazine rings is 1. The number of nitrogen functional groups attached to an aromatic ring is 2. The van der Waals surface area contributed by atoms with Gasteiger partial charge < -0.3 is 26.0 Å². The average molecular weight is 292 g/mol. The summed E-state index contributed by atoms with van der Waals surface area (Å²) in [5.74, 6) is -0.127. The van der Waals surface area contributed by atoms with Crippen LogP contribution in [0.15, 0.2) is 18.2 Å². The molecule has 2 amide bonds. The van der Waals surface area contributed by atoms with Gasteiger partial charge in [-0.3, -0.25) is 4.79 Å². The number of hydrogen-bond donors (Lipinski definition) is 2. The van der Waals surface area contributed by atoms with Crippen LogP contribution in [0, 0.1) is 0 Å². The summed E-state index contributed by atoms with van der Waals surface area (Å²) < 4.78 is 4.94. The third-order valence-corrected chi connectivity index (χ3v) is 3.32. The third-order valence-electron chi connectivity index (χ3n) is 3.32. The molecule has 0 aliphatic carbocycles. The van der Waals surface area contributed by atoms with Crippen molar-refractivity contribution in [3.8, 4) is 0 Å². The van der Waals surface area contributed by atoms with Gasteiger partial charge in [-0.1, -0.05) is 0 Å². The van der Waals surface area contributed by atoms with Gasteiger partial charge in [0.25, 0.3) is 5.91 Å². The Balaban J connectivity index is 1.98. The minimum atomic E-state index is -0.335. The van der Waals surface area contributed by atoms with Gasteiger partial charge in [-0.15, -0.1) is 0 Å². The molecule has 7 heteroatoms. The largest absolute Gasteiger partial charge is 0.450 e. The fourth-order valence-electron chi connectivity index (χ4n) is 2.29. The molecule has 1 saturated heterocycles. The van der Waals surface area contributed by atoms with Crippen LogP contribution in [-0.2, 0) is 4.74 Å². The van der Waals surface area contributed by atoms with Crippen LogP contribution in [0.25, 0.3) is 0 Å². The summed E-state index contributed by atoms with van der Waals surface area (Å²) in [5.41, 5.74) is 12.8. The number of hydrogen-bond acceptors (Lipinski definition) is 5. The fraction of sp³-hybridized carbons (Fsp3) is 0.429. The number of amides is 2. The number of nitrogens with two attached hydrogens (primary N) is 2. The van der Waals surface area contributed by atoms with Crippen LogP contribution in [0.5, 0.6) is 0 Å². The van der Waals surface area contributed by atoms with Crippen molar-refractivity contribution < 1.29 is 14.3 Å². The van der Waals surface area contributed by atoms with Crippen molar-refractivity contribution in [2.75, 3.05) is 44.3 Å². The van der Waals surface area contributed by atoms with Crippen molar-refractivity contribution in [3.63, 3.8) is 0 Å². The fourth-order valence-corrected chi connectivity index (χ4v) is 2.29. The maximum absolute atomic E-state index is 12.4. The molecule has 0 radical (unpaired) electrons. The second-order valence-electron chi connectivity index (χ2n) is 4.87. The summed E-state index contributed by atoms with van der Waals surface area (Å²) in [6.45, 7) is 3.96. The smallest absolute Gasteiger partial charge is 0.409 e. The first-order chi connectivity index (χ1) is 10.0. The summed E-state index contributed by atoms with van der Waals surface area (Å²) in [4.78, 5) is 27.3. The average Bonchev–Trinajstić information content (AvgIpc) is 2.46. The van der Waals surface area contributed by atoms with Crippen molar-refractivity contribution in [2.24, 2.45) is 0 Å².